The van der Waals surface area contributed by atoms with Crippen molar-refractivity contribution in [3.63, 3.8) is 0 Å². The third-order valence-electron chi connectivity index (χ3n) is 3.07. The van der Waals surface area contributed by atoms with Crippen LogP contribution in [-0.4, -0.2) is 15.9 Å². The molecule has 0 fully saturated rings. The largest absolute Gasteiger partial charge is 0.508 e. The number of nitro benzene ring substituents is 1. The molecule has 1 aliphatic heterocycles. The van der Waals surface area contributed by atoms with Crippen LogP contribution in [0.15, 0.2) is 36.4 Å². The van der Waals surface area contributed by atoms with E-state index >= 15 is 0 Å². The van der Waals surface area contributed by atoms with Gasteiger partial charge in [-0.15, -0.1) is 0 Å². The first-order chi connectivity index (χ1) is 10.0. The standard InChI is InChI=1S/C14H10N2O5/c17-9-1-3-10(4-2-9)21-13-7-11-8(6-14(18)15-11)5-12(13)16(19)20/h1-5,7,17H,6H2,(H,15,18). The quantitative estimate of drug-likeness (QED) is 0.667. The predicted molar refractivity (Wildman–Crippen MR) is 73.6 cm³/mol. The second kappa shape index (κ2) is 4.78. The summed E-state index contributed by atoms with van der Waals surface area (Å²) in [6.07, 6.45) is 0.121. The molecule has 0 saturated heterocycles. The Labute approximate surface area is 118 Å². The van der Waals surface area contributed by atoms with Gasteiger partial charge in [0, 0.05) is 17.8 Å². The molecular weight excluding hydrogens is 276 g/mol. The Morgan fingerprint density at radius 1 is 1.24 bits per heavy atom. The second-order valence-electron chi connectivity index (χ2n) is 4.56. The van der Waals surface area contributed by atoms with Crippen molar-refractivity contribution in [1.29, 1.82) is 0 Å². The molecule has 0 aromatic heterocycles. The Balaban J connectivity index is 2.01. The fraction of sp³-hybridized carbons (Fsp3) is 0.0714. The highest BCUT2D eigenvalue weighted by Crippen LogP contribution is 2.38. The highest BCUT2D eigenvalue weighted by Gasteiger charge is 2.25. The van der Waals surface area contributed by atoms with E-state index in [1.54, 1.807) is 0 Å². The topological polar surface area (TPSA) is 102 Å². The number of hydrogen-bond acceptors (Lipinski definition) is 5. The summed E-state index contributed by atoms with van der Waals surface area (Å²) in [6.45, 7) is 0. The maximum absolute atomic E-state index is 11.3. The van der Waals surface area contributed by atoms with Crippen molar-refractivity contribution >= 4 is 17.3 Å². The van der Waals surface area contributed by atoms with E-state index in [-0.39, 0.29) is 29.5 Å². The lowest BCUT2D eigenvalue weighted by molar-refractivity contribution is -0.385. The molecule has 0 unspecified atom stereocenters. The third kappa shape index (κ3) is 2.48. The average molecular weight is 286 g/mol. The fourth-order valence-electron chi connectivity index (χ4n) is 2.11. The molecule has 1 amide bonds. The summed E-state index contributed by atoms with van der Waals surface area (Å²) in [5, 5.41) is 23.0. The van der Waals surface area contributed by atoms with Gasteiger partial charge in [0.2, 0.25) is 11.7 Å². The van der Waals surface area contributed by atoms with E-state index in [0.29, 0.717) is 17.0 Å². The Kier molecular flexibility index (Phi) is 2.94. The van der Waals surface area contributed by atoms with Crippen molar-refractivity contribution in [2.45, 2.75) is 6.42 Å². The minimum atomic E-state index is -0.557. The molecule has 7 nitrogen and oxygen atoms in total. The number of phenols is 1. The zero-order valence-electron chi connectivity index (χ0n) is 10.7. The number of carbonyl (C=O) groups is 1. The number of fused-ring (bicyclic) bond motifs is 1. The van der Waals surface area contributed by atoms with Gasteiger partial charge in [0.25, 0.3) is 0 Å². The van der Waals surface area contributed by atoms with E-state index in [2.05, 4.69) is 5.32 Å². The summed E-state index contributed by atoms with van der Waals surface area (Å²) in [7, 11) is 0. The van der Waals surface area contributed by atoms with E-state index in [0.717, 1.165) is 0 Å². The summed E-state index contributed by atoms with van der Waals surface area (Å²) in [6, 6.07) is 8.58. The van der Waals surface area contributed by atoms with Crippen LogP contribution in [0.4, 0.5) is 11.4 Å². The van der Waals surface area contributed by atoms with Gasteiger partial charge in [0.15, 0.2) is 0 Å². The van der Waals surface area contributed by atoms with Crippen LogP contribution in [0.3, 0.4) is 0 Å². The van der Waals surface area contributed by atoms with Gasteiger partial charge in [0.1, 0.15) is 11.5 Å². The number of nitrogens with one attached hydrogen (secondary N) is 1. The number of hydrogen-bond donors (Lipinski definition) is 2. The summed E-state index contributed by atoms with van der Waals surface area (Å²) in [4.78, 5) is 21.9. The fourth-order valence-corrected chi connectivity index (χ4v) is 2.11. The number of phenolic OH excluding ortho intramolecular Hbond substituents is 1. The zero-order chi connectivity index (χ0) is 15.0. The van der Waals surface area contributed by atoms with Crippen molar-refractivity contribution in [1.82, 2.24) is 0 Å². The number of nitro groups is 1. The third-order valence-corrected chi connectivity index (χ3v) is 3.07. The van der Waals surface area contributed by atoms with Gasteiger partial charge in [-0.2, -0.15) is 0 Å². The van der Waals surface area contributed by atoms with Gasteiger partial charge in [-0.1, -0.05) is 0 Å². The average Bonchev–Trinajstić information content (AvgIpc) is 2.79. The van der Waals surface area contributed by atoms with E-state index in [1.165, 1.54) is 36.4 Å². The maximum atomic E-state index is 11.3. The molecule has 2 N–H and O–H groups in total. The van der Waals surface area contributed by atoms with Crippen LogP contribution < -0.4 is 10.1 Å². The lowest BCUT2D eigenvalue weighted by Gasteiger charge is -2.08. The molecule has 0 radical (unpaired) electrons. The first kappa shape index (κ1) is 12.9. The van der Waals surface area contributed by atoms with Gasteiger partial charge in [-0.05, 0) is 29.8 Å². The lowest BCUT2D eigenvalue weighted by atomic mass is 10.1. The second-order valence-corrected chi connectivity index (χ2v) is 4.56. The smallest absolute Gasteiger partial charge is 0.312 e. The number of nitrogens with zero attached hydrogens (tertiary/aromatic N) is 1. The number of benzene rings is 2. The van der Waals surface area contributed by atoms with Crippen molar-refractivity contribution in [3.8, 4) is 17.2 Å². The lowest BCUT2D eigenvalue weighted by Crippen LogP contribution is -2.03. The molecule has 0 spiro atoms. The molecule has 21 heavy (non-hydrogen) atoms. The first-order valence-corrected chi connectivity index (χ1v) is 6.11. The van der Waals surface area contributed by atoms with Crippen LogP contribution in [0.1, 0.15) is 5.56 Å². The van der Waals surface area contributed by atoms with Crippen molar-refractivity contribution in [2.75, 3.05) is 5.32 Å². The minimum Gasteiger partial charge on any atom is -0.508 e. The molecule has 106 valence electrons. The Morgan fingerprint density at radius 2 is 1.95 bits per heavy atom. The highest BCUT2D eigenvalue weighted by molar-refractivity contribution is 5.99. The van der Waals surface area contributed by atoms with Crippen LogP contribution in [0.2, 0.25) is 0 Å². The molecule has 2 aromatic rings. The van der Waals surface area contributed by atoms with E-state index < -0.39 is 4.92 Å². The van der Waals surface area contributed by atoms with Gasteiger partial charge < -0.3 is 15.2 Å². The molecule has 0 bridgehead atoms. The summed E-state index contributed by atoms with van der Waals surface area (Å²) in [5.41, 5.74) is 0.877. The van der Waals surface area contributed by atoms with Gasteiger partial charge in [-0.25, -0.2) is 0 Å². The van der Waals surface area contributed by atoms with Crippen molar-refractivity contribution < 1.29 is 19.6 Å². The molecule has 0 saturated carbocycles. The highest BCUT2D eigenvalue weighted by atomic mass is 16.6. The van der Waals surface area contributed by atoms with Gasteiger partial charge in [0.05, 0.1) is 11.3 Å². The zero-order valence-corrected chi connectivity index (χ0v) is 10.7. The maximum Gasteiger partial charge on any atom is 0.312 e. The molecular formula is C14H10N2O5. The molecule has 0 aliphatic carbocycles. The van der Waals surface area contributed by atoms with Crippen LogP contribution >= 0.6 is 0 Å². The Bertz CT molecular complexity index is 740. The van der Waals surface area contributed by atoms with Gasteiger partial charge in [-0.3, -0.25) is 14.9 Å². The predicted octanol–water partition coefficient (Wildman–Crippen LogP) is 2.59. The number of amides is 1. The molecule has 3 rings (SSSR count). The van der Waals surface area contributed by atoms with Crippen LogP contribution in [0.5, 0.6) is 17.2 Å². The number of carbonyl (C=O) groups excluding carboxylic acids is 1. The first-order valence-electron chi connectivity index (χ1n) is 6.11. The van der Waals surface area contributed by atoms with Crippen LogP contribution in [0, 0.1) is 10.1 Å². The van der Waals surface area contributed by atoms with Crippen molar-refractivity contribution in [2.24, 2.45) is 0 Å². The minimum absolute atomic E-state index is 0.0339. The number of rotatable bonds is 3. The van der Waals surface area contributed by atoms with E-state index in [1.807, 2.05) is 0 Å². The van der Waals surface area contributed by atoms with Crippen LogP contribution in [0.25, 0.3) is 0 Å². The van der Waals surface area contributed by atoms with E-state index in [9.17, 15) is 20.0 Å². The van der Waals surface area contributed by atoms with Crippen LogP contribution in [-0.2, 0) is 11.2 Å². The number of ether oxygens (including phenoxy) is 1. The SMILES string of the molecule is O=C1Cc2cc([N+](=O)[O-])c(Oc3ccc(O)cc3)cc2N1. The van der Waals surface area contributed by atoms with Gasteiger partial charge >= 0.3 is 5.69 Å². The Morgan fingerprint density at radius 3 is 2.62 bits per heavy atom. The van der Waals surface area contributed by atoms with Crippen molar-refractivity contribution in [3.05, 3.63) is 52.1 Å². The number of aromatic hydroxyl groups is 1. The summed E-state index contributed by atoms with van der Waals surface area (Å²) < 4.78 is 5.48. The summed E-state index contributed by atoms with van der Waals surface area (Å²) in [5.74, 6) is 0.242. The molecule has 7 heteroatoms. The molecule has 1 heterocycles. The normalized spacial score (nSPS) is 12.7. The summed E-state index contributed by atoms with van der Waals surface area (Å²) >= 11 is 0. The number of anilines is 1. The molecule has 0 atom stereocenters. The van der Waals surface area contributed by atoms with E-state index in [4.69, 9.17) is 4.74 Å². The Hall–Kier alpha value is -3.09. The molecule has 1 aliphatic rings. The molecule has 2 aromatic carbocycles. The monoisotopic (exact) mass is 286 g/mol.